The SMILES string of the molecule is Cc1cccnc1C[C@@H](C)NC(=O)CCC(F)(F)F. The lowest BCUT2D eigenvalue weighted by Gasteiger charge is -2.15. The van der Waals surface area contributed by atoms with Crippen LogP contribution >= 0.6 is 0 Å². The molecule has 1 N–H and O–H groups in total. The minimum absolute atomic E-state index is 0.241. The molecular weight excluding hydrogens is 257 g/mol. The minimum Gasteiger partial charge on any atom is -0.353 e. The van der Waals surface area contributed by atoms with Crippen molar-refractivity contribution in [2.24, 2.45) is 0 Å². The van der Waals surface area contributed by atoms with Crippen LogP contribution in [0.15, 0.2) is 18.3 Å². The van der Waals surface area contributed by atoms with Crippen molar-refractivity contribution in [3.63, 3.8) is 0 Å². The second-order valence-electron chi connectivity index (χ2n) is 4.55. The number of aromatic nitrogens is 1. The Morgan fingerprint density at radius 1 is 1.47 bits per heavy atom. The molecule has 0 aromatic carbocycles. The molecule has 3 nitrogen and oxygen atoms in total. The van der Waals surface area contributed by atoms with Crippen molar-refractivity contribution in [3.05, 3.63) is 29.6 Å². The Morgan fingerprint density at radius 2 is 2.16 bits per heavy atom. The number of carbonyl (C=O) groups is 1. The molecule has 6 heteroatoms. The largest absolute Gasteiger partial charge is 0.389 e. The summed E-state index contributed by atoms with van der Waals surface area (Å²) in [4.78, 5) is 15.5. The summed E-state index contributed by atoms with van der Waals surface area (Å²) in [6, 6.07) is 3.47. The Hall–Kier alpha value is -1.59. The van der Waals surface area contributed by atoms with E-state index < -0.39 is 24.9 Å². The van der Waals surface area contributed by atoms with Crippen LogP contribution in [0.2, 0.25) is 0 Å². The van der Waals surface area contributed by atoms with Gasteiger partial charge < -0.3 is 5.32 Å². The molecule has 0 spiro atoms. The van der Waals surface area contributed by atoms with Gasteiger partial charge in [0.2, 0.25) is 5.91 Å². The average molecular weight is 274 g/mol. The molecule has 0 aliphatic heterocycles. The van der Waals surface area contributed by atoms with Crippen molar-refractivity contribution in [2.45, 2.75) is 45.3 Å². The minimum atomic E-state index is -4.29. The van der Waals surface area contributed by atoms with Crippen molar-refractivity contribution >= 4 is 5.91 Å². The van der Waals surface area contributed by atoms with Gasteiger partial charge in [-0.05, 0) is 25.5 Å². The number of rotatable bonds is 5. The van der Waals surface area contributed by atoms with Crippen molar-refractivity contribution in [3.8, 4) is 0 Å². The zero-order valence-electron chi connectivity index (χ0n) is 10.9. The number of halogens is 3. The number of alkyl halides is 3. The van der Waals surface area contributed by atoms with E-state index in [0.717, 1.165) is 11.3 Å². The van der Waals surface area contributed by atoms with E-state index in [9.17, 15) is 18.0 Å². The van der Waals surface area contributed by atoms with E-state index in [2.05, 4.69) is 10.3 Å². The Labute approximate surface area is 110 Å². The van der Waals surface area contributed by atoms with Gasteiger partial charge in [-0.25, -0.2) is 0 Å². The summed E-state index contributed by atoms with van der Waals surface area (Å²) in [5.74, 6) is -0.585. The van der Waals surface area contributed by atoms with E-state index in [-0.39, 0.29) is 6.04 Å². The maximum Gasteiger partial charge on any atom is 0.389 e. The van der Waals surface area contributed by atoms with Gasteiger partial charge in [-0.15, -0.1) is 0 Å². The number of pyridine rings is 1. The van der Waals surface area contributed by atoms with E-state index >= 15 is 0 Å². The lowest BCUT2D eigenvalue weighted by atomic mass is 10.1. The Balaban J connectivity index is 2.41. The molecule has 1 amide bonds. The molecule has 1 rings (SSSR count). The van der Waals surface area contributed by atoms with E-state index in [0.29, 0.717) is 6.42 Å². The first-order valence-corrected chi connectivity index (χ1v) is 6.04. The molecule has 0 saturated carbocycles. The normalized spacial score (nSPS) is 13.1. The fourth-order valence-corrected chi connectivity index (χ4v) is 1.68. The number of aryl methyl sites for hydroxylation is 1. The molecule has 106 valence electrons. The second kappa shape index (κ2) is 6.54. The number of nitrogens with zero attached hydrogens (tertiary/aromatic N) is 1. The van der Waals surface area contributed by atoms with Gasteiger partial charge in [0, 0.05) is 30.8 Å². The predicted octanol–water partition coefficient (Wildman–Crippen LogP) is 2.78. The second-order valence-corrected chi connectivity index (χ2v) is 4.55. The molecule has 1 aromatic heterocycles. The molecule has 0 fully saturated rings. The van der Waals surface area contributed by atoms with E-state index in [1.807, 2.05) is 19.1 Å². The third-order valence-corrected chi connectivity index (χ3v) is 2.66. The molecule has 0 unspecified atom stereocenters. The van der Waals surface area contributed by atoms with Crippen molar-refractivity contribution < 1.29 is 18.0 Å². The Kier molecular flexibility index (Phi) is 5.32. The summed E-state index contributed by atoms with van der Waals surface area (Å²) >= 11 is 0. The van der Waals surface area contributed by atoms with Crippen LogP contribution in [0.5, 0.6) is 0 Å². The monoisotopic (exact) mass is 274 g/mol. The third-order valence-electron chi connectivity index (χ3n) is 2.66. The highest BCUT2D eigenvalue weighted by atomic mass is 19.4. The highest BCUT2D eigenvalue weighted by Crippen LogP contribution is 2.21. The summed E-state index contributed by atoms with van der Waals surface area (Å²) in [6.45, 7) is 3.65. The number of amides is 1. The lowest BCUT2D eigenvalue weighted by Crippen LogP contribution is -2.35. The number of hydrogen-bond acceptors (Lipinski definition) is 2. The molecule has 0 radical (unpaired) electrons. The first kappa shape index (κ1) is 15.5. The highest BCUT2D eigenvalue weighted by Gasteiger charge is 2.28. The maximum absolute atomic E-state index is 12.0. The van der Waals surface area contributed by atoms with Crippen molar-refractivity contribution in [1.29, 1.82) is 0 Å². The van der Waals surface area contributed by atoms with Crippen LogP contribution in [0.4, 0.5) is 13.2 Å². The molecule has 0 bridgehead atoms. The smallest absolute Gasteiger partial charge is 0.353 e. The molecule has 1 atom stereocenters. The summed E-state index contributed by atoms with van der Waals surface area (Å²) in [6.07, 6.45) is -3.76. The molecule has 1 aromatic rings. The fraction of sp³-hybridized carbons (Fsp3) is 0.538. The van der Waals surface area contributed by atoms with Crippen molar-refractivity contribution in [2.75, 3.05) is 0 Å². The summed E-state index contributed by atoms with van der Waals surface area (Å²) in [5.41, 5.74) is 1.84. The van der Waals surface area contributed by atoms with Crippen LogP contribution in [-0.4, -0.2) is 23.1 Å². The maximum atomic E-state index is 12.0. The van der Waals surface area contributed by atoms with Crippen LogP contribution in [-0.2, 0) is 11.2 Å². The van der Waals surface area contributed by atoms with Crippen LogP contribution in [0.25, 0.3) is 0 Å². The first-order valence-electron chi connectivity index (χ1n) is 6.04. The molecule has 0 saturated heterocycles. The van der Waals surface area contributed by atoms with Gasteiger partial charge in [-0.1, -0.05) is 6.07 Å². The summed E-state index contributed by atoms with van der Waals surface area (Å²) < 4.78 is 35.9. The average Bonchev–Trinajstić information content (AvgIpc) is 2.29. The standard InChI is InChI=1S/C13H17F3N2O/c1-9-4-3-7-17-11(9)8-10(2)18-12(19)5-6-13(14,15)16/h3-4,7,10H,5-6,8H2,1-2H3,(H,18,19)/t10-/m1/s1. The highest BCUT2D eigenvalue weighted by molar-refractivity contribution is 5.76. The quantitative estimate of drug-likeness (QED) is 0.897. The van der Waals surface area contributed by atoms with Gasteiger partial charge in [0.25, 0.3) is 0 Å². The van der Waals surface area contributed by atoms with Gasteiger partial charge in [0.15, 0.2) is 0 Å². The van der Waals surface area contributed by atoms with E-state index in [1.54, 1.807) is 13.1 Å². The van der Waals surface area contributed by atoms with Gasteiger partial charge in [0.1, 0.15) is 0 Å². The predicted molar refractivity (Wildman–Crippen MR) is 65.6 cm³/mol. The summed E-state index contributed by atoms with van der Waals surface area (Å²) in [5, 5.41) is 2.55. The molecule has 1 heterocycles. The zero-order chi connectivity index (χ0) is 14.5. The Bertz CT molecular complexity index is 432. The van der Waals surface area contributed by atoms with E-state index in [1.165, 1.54) is 0 Å². The number of hydrogen-bond donors (Lipinski definition) is 1. The topological polar surface area (TPSA) is 42.0 Å². The number of carbonyl (C=O) groups excluding carboxylic acids is 1. The third kappa shape index (κ3) is 6.22. The van der Waals surface area contributed by atoms with Gasteiger partial charge in [-0.2, -0.15) is 13.2 Å². The zero-order valence-corrected chi connectivity index (χ0v) is 10.9. The van der Waals surface area contributed by atoms with Crippen LogP contribution < -0.4 is 5.32 Å². The van der Waals surface area contributed by atoms with Gasteiger partial charge in [0.05, 0.1) is 6.42 Å². The molecular formula is C13H17F3N2O. The van der Waals surface area contributed by atoms with E-state index in [4.69, 9.17) is 0 Å². The lowest BCUT2D eigenvalue weighted by molar-refractivity contribution is -0.144. The van der Waals surface area contributed by atoms with Crippen LogP contribution in [0.3, 0.4) is 0 Å². The molecule has 0 aliphatic rings. The van der Waals surface area contributed by atoms with Gasteiger partial charge in [-0.3, -0.25) is 9.78 Å². The Morgan fingerprint density at radius 3 is 2.74 bits per heavy atom. The number of nitrogens with one attached hydrogen (secondary N) is 1. The van der Waals surface area contributed by atoms with Crippen molar-refractivity contribution in [1.82, 2.24) is 10.3 Å². The molecule has 0 aliphatic carbocycles. The summed E-state index contributed by atoms with van der Waals surface area (Å²) in [7, 11) is 0. The van der Waals surface area contributed by atoms with Crippen LogP contribution in [0, 0.1) is 6.92 Å². The van der Waals surface area contributed by atoms with Crippen LogP contribution in [0.1, 0.15) is 31.0 Å². The fourth-order valence-electron chi connectivity index (χ4n) is 1.68. The first-order chi connectivity index (χ1) is 8.78. The van der Waals surface area contributed by atoms with Gasteiger partial charge >= 0.3 is 6.18 Å². The molecule has 19 heavy (non-hydrogen) atoms.